The highest BCUT2D eigenvalue weighted by Crippen LogP contribution is 2.15. The molecule has 0 radical (unpaired) electrons. The molecule has 0 bridgehead atoms. The van der Waals surface area contributed by atoms with Crippen LogP contribution >= 0.6 is 0 Å². The first-order chi connectivity index (χ1) is 12.8. The number of fused-ring (bicyclic) bond motifs is 1. The Morgan fingerprint density at radius 3 is 3.00 bits per heavy atom. The fourth-order valence-corrected chi connectivity index (χ4v) is 2.82. The van der Waals surface area contributed by atoms with Crippen LogP contribution in [0, 0.1) is 0 Å². The summed E-state index contributed by atoms with van der Waals surface area (Å²) in [5, 5.41) is 9.32. The molecule has 4 aromatic rings. The van der Waals surface area contributed by atoms with Crippen molar-refractivity contribution in [1.29, 1.82) is 0 Å². The van der Waals surface area contributed by atoms with Crippen LogP contribution < -0.4 is 5.43 Å². The van der Waals surface area contributed by atoms with Gasteiger partial charge in [-0.05, 0) is 29.8 Å². The number of hydrogen-bond donors (Lipinski definition) is 2. The fraction of sp³-hybridized carbons (Fsp3) is 0.0500. The van der Waals surface area contributed by atoms with Gasteiger partial charge in [0.05, 0.1) is 12.8 Å². The molecule has 0 saturated carbocycles. The van der Waals surface area contributed by atoms with Crippen molar-refractivity contribution in [3.63, 3.8) is 0 Å². The van der Waals surface area contributed by atoms with E-state index in [9.17, 15) is 4.79 Å². The molecule has 0 aliphatic rings. The summed E-state index contributed by atoms with van der Waals surface area (Å²) in [6, 6.07) is 17.3. The predicted octanol–water partition coefficient (Wildman–Crippen LogP) is 3.18. The van der Waals surface area contributed by atoms with Crippen molar-refractivity contribution in [2.45, 2.75) is 6.54 Å². The van der Waals surface area contributed by atoms with Crippen LogP contribution in [0.3, 0.4) is 0 Å². The molecule has 6 nitrogen and oxygen atoms in total. The van der Waals surface area contributed by atoms with E-state index in [1.54, 1.807) is 18.5 Å². The molecule has 0 aliphatic carbocycles. The van der Waals surface area contributed by atoms with E-state index in [0.29, 0.717) is 12.1 Å². The van der Waals surface area contributed by atoms with E-state index < -0.39 is 0 Å². The van der Waals surface area contributed by atoms with Crippen molar-refractivity contribution in [2.75, 3.05) is 0 Å². The molecule has 26 heavy (non-hydrogen) atoms. The highest BCUT2D eigenvalue weighted by atomic mass is 16.2. The summed E-state index contributed by atoms with van der Waals surface area (Å²) >= 11 is 0. The van der Waals surface area contributed by atoms with Crippen molar-refractivity contribution >= 4 is 23.0 Å². The minimum atomic E-state index is -0.247. The van der Waals surface area contributed by atoms with E-state index >= 15 is 0 Å². The Morgan fingerprint density at radius 1 is 1.19 bits per heavy atom. The maximum absolute atomic E-state index is 12.3. The maximum Gasteiger partial charge on any atom is 0.271 e. The van der Waals surface area contributed by atoms with E-state index in [2.05, 4.69) is 20.6 Å². The number of rotatable bonds is 5. The smallest absolute Gasteiger partial charge is 0.271 e. The Balaban J connectivity index is 1.45. The largest absolute Gasteiger partial charge is 0.361 e. The Bertz CT molecular complexity index is 1060. The monoisotopic (exact) mass is 343 g/mol. The Labute approximate surface area is 150 Å². The van der Waals surface area contributed by atoms with Gasteiger partial charge in [0.1, 0.15) is 0 Å². The minimum absolute atomic E-state index is 0.247. The molecule has 2 aromatic carbocycles. The third-order valence-corrected chi connectivity index (χ3v) is 4.08. The number of para-hydroxylation sites is 1. The molecular formula is C20H17N5O. The second-order valence-electron chi connectivity index (χ2n) is 5.89. The van der Waals surface area contributed by atoms with Crippen molar-refractivity contribution < 1.29 is 4.79 Å². The number of benzene rings is 2. The van der Waals surface area contributed by atoms with Crippen molar-refractivity contribution in [3.05, 3.63) is 89.9 Å². The summed E-state index contributed by atoms with van der Waals surface area (Å²) in [5.41, 5.74) is 6.10. The molecule has 4 rings (SSSR count). The second-order valence-corrected chi connectivity index (χ2v) is 5.89. The molecule has 2 aromatic heterocycles. The van der Waals surface area contributed by atoms with Gasteiger partial charge in [0.15, 0.2) is 0 Å². The van der Waals surface area contributed by atoms with Gasteiger partial charge in [0.25, 0.3) is 5.91 Å². The molecule has 0 aliphatic heterocycles. The summed E-state index contributed by atoms with van der Waals surface area (Å²) in [5.74, 6) is -0.247. The SMILES string of the molecule is O=C(N/N=C\c1c[nH]c2ccccc12)c1cccc(Cn2cccn2)c1. The van der Waals surface area contributed by atoms with Crippen molar-refractivity contribution in [2.24, 2.45) is 5.10 Å². The molecule has 128 valence electrons. The lowest BCUT2D eigenvalue weighted by atomic mass is 10.1. The van der Waals surface area contributed by atoms with E-state index in [1.165, 1.54) is 0 Å². The van der Waals surface area contributed by atoms with Crippen molar-refractivity contribution in [3.8, 4) is 0 Å². The molecular weight excluding hydrogens is 326 g/mol. The Morgan fingerprint density at radius 2 is 2.12 bits per heavy atom. The lowest BCUT2D eigenvalue weighted by molar-refractivity contribution is 0.0955. The Hall–Kier alpha value is -3.67. The molecule has 6 heteroatoms. The Kier molecular flexibility index (Phi) is 4.30. The van der Waals surface area contributed by atoms with Crippen LogP contribution in [0.25, 0.3) is 10.9 Å². The van der Waals surface area contributed by atoms with Crippen LogP contribution in [-0.4, -0.2) is 26.9 Å². The van der Waals surface area contributed by atoms with Gasteiger partial charge in [-0.3, -0.25) is 9.48 Å². The third kappa shape index (κ3) is 3.39. The van der Waals surface area contributed by atoms with Gasteiger partial charge in [0, 0.05) is 40.6 Å². The van der Waals surface area contributed by atoms with Crippen LogP contribution in [0.5, 0.6) is 0 Å². The van der Waals surface area contributed by atoms with Gasteiger partial charge in [-0.1, -0.05) is 30.3 Å². The van der Waals surface area contributed by atoms with Gasteiger partial charge in [-0.2, -0.15) is 10.2 Å². The summed E-state index contributed by atoms with van der Waals surface area (Å²) < 4.78 is 1.81. The summed E-state index contributed by atoms with van der Waals surface area (Å²) in [6.07, 6.45) is 7.13. The lowest BCUT2D eigenvalue weighted by Gasteiger charge is -2.05. The second kappa shape index (κ2) is 7.06. The van der Waals surface area contributed by atoms with Gasteiger partial charge < -0.3 is 4.98 Å². The average Bonchev–Trinajstić information content (AvgIpc) is 3.32. The van der Waals surface area contributed by atoms with Crippen molar-refractivity contribution in [1.82, 2.24) is 20.2 Å². The van der Waals surface area contributed by atoms with Gasteiger partial charge in [-0.15, -0.1) is 0 Å². The first-order valence-corrected chi connectivity index (χ1v) is 8.25. The summed E-state index contributed by atoms with van der Waals surface area (Å²) in [7, 11) is 0. The fourth-order valence-electron chi connectivity index (χ4n) is 2.82. The minimum Gasteiger partial charge on any atom is -0.361 e. The van der Waals surface area contributed by atoms with E-state index in [0.717, 1.165) is 22.0 Å². The highest BCUT2D eigenvalue weighted by Gasteiger charge is 2.06. The number of carbonyl (C=O) groups excluding carboxylic acids is 1. The molecule has 1 amide bonds. The highest BCUT2D eigenvalue weighted by molar-refractivity contribution is 6.00. The quantitative estimate of drug-likeness (QED) is 0.431. The zero-order chi connectivity index (χ0) is 17.8. The van der Waals surface area contributed by atoms with Crippen LogP contribution in [-0.2, 0) is 6.54 Å². The number of aromatic nitrogens is 3. The van der Waals surface area contributed by atoms with E-state index in [1.807, 2.05) is 65.6 Å². The number of carbonyl (C=O) groups is 1. The normalized spacial score (nSPS) is 11.2. The molecule has 2 N–H and O–H groups in total. The van der Waals surface area contributed by atoms with Gasteiger partial charge in [0.2, 0.25) is 0 Å². The molecule has 0 saturated heterocycles. The number of nitrogens with one attached hydrogen (secondary N) is 2. The molecule has 2 heterocycles. The predicted molar refractivity (Wildman–Crippen MR) is 101 cm³/mol. The molecule has 0 spiro atoms. The van der Waals surface area contributed by atoms with Crippen LogP contribution in [0.15, 0.2) is 78.3 Å². The van der Waals surface area contributed by atoms with E-state index in [-0.39, 0.29) is 5.91 Å². The van der Waals surface area contributed by atoms with Crippen LogP contribution in [0.4, 0.5) is 0 Å². The molecule has 0 fully saturated rings. The first kappa shape index (κ1) is 15.8. The number of hydrogen-bond acceptors (Lipinski definition) is 3. The first-order valence-electron chi connectivity index (χ1n) is 8.25. The zero-order valence-corrected chi connectivity index (χ0v) is 14.0. The number of amides is 1. The van der Waals surface area contributed by atoms with Gasteiger partial charge >= 0.3 is 0 Å². The number of hydrazone groups is 1. The average molecular weight is 343 g/mol. The topological polar surface area (TPSA) is 75.1 Å². The molecule has 0 atom stereocenters. The third-order valence-electron chi connectivity index (χ3n) is 4.08. The van der Waals surface area contributed by atoms with E-state index in [4.69, 9.17) is 0 Å². The number of H-pyrrole nitrogens is 1. The number of aromatic amines is 1. The summed E-state index contributed by atoms with van der Waals surface area (Å²) in [6.45, 7) is 0.618. The lowest BCUT2D eigenvalue weighted by Crippen LogP contribution is -2.17. The molecule has 0 unspecified atom stereocenters. The van der Waals surface area contributed by atoms with Crippen LogP contribution in [0.1, 0.15) is 21.5 Å². The standard InChI is InChI=1S/C20H17N5O/c26-20(16-6-3-5-15(11-16)14-25-10-4-9-23-25)24-22-13-17-12-21-19-8-2-1-7-18(17)19/h1-13,21H,14H2,(H,24,26)/b22-13-. The maximum atomic E-state index is 12.3. The zero-order valence-electron chi connectivity index (χ0n) is 14.0. The summed E-state index contributed by atoms with van der Waals surface area (Å²) in [4.78, 5) is 15.5. The van der Waals surface area contributed by atoms with Gasteiger partial charge in [-0.25, -0.2) is 5.43 Å². The number of nitrogens with zero attached hydrogens (tertiary/aromatic N) is 3. The van der Waals surface area contributed by atoms with Crippen LogP contribution in [0.2, 0.25) is 0 Å².